The molecule has 26 heavy (non-hydrogen) atoms. The minimum absolute atomic E-state index is 0.0620. The van der Waals surface area contributed by atoms with E-state index in [1.165, 1.54) is 16.0 Å². The maximum Gasteiger partial charge on any atom is 0.274 e. The van der Waals surface area contributed by atoms with Crippen LogP contribution in [0.15, 0.2) is 33.4 Å². The van der Waals surface area contributed by atoms with Gasteiger partial charge in [-0.3, -0.25) is 9.59 Å². The van der Waals surface area contributed by atoms with Crippen molar-refractivity contribution < 1.29 is 4.79 Å². The molecule has 0 radical (unpaired) electrons. The standard InChI is InChI=1S/C17H19N5O2S2/c1-3-4-9-25-17-20-19-16(26-17)18-14(23)10-13-11-7-5-6-8-12(11)15(24)22(2)21-13/h5-8H,3-4,9-10H2,1-2H3,(H,18,19,23). The fraction of sp³-hybridized carbons (Fsp3) is 0.353. The predicted octanol–water partition coefficient (Wildman–Crippen LogP) is 2.86. The number of rotatable bonds is 7. The van der Waals surface area contributed by atoms with Gasteiger partial charge in [-0.15, -0.1) is 10.2 Å². The monoisotopic (exact) mass is 389 g/mol. The summed E-state index contributed by atoms with van der Waals surface area (Å²) in [7, 11) is 1.58. The van der Waals surface area contributed by atoms with Crippen LogP contribution in [0.2, 0.25) is 0 Å². The summed E-state index contributed by atoms with van der Waals surface area (Å²) < 4.78 is 2.11. The molecule has 3 rings (SSSR count). The minimum atomic E-state index is -0.234. The first-order valence-corrected chi connectivity index (χ1v) is 10.1. The first kappa shape index (κ1) is 18.5. The summed E-state index contributed by atoms with van der Waals surface area (Å²) in [6.07, 6.45) is 2.32. The fourth-order valence-electron chi connectivity index (χ4n) is 2.44. The van der Waals surface area contributed by atoms with Crippen molar-refractivity contribution in [3.8, 4) is 0 Å². The third kappa shape index (κ3) is 4.28. The quantitative estimate of drug-likeness (QED) is 0.380. The maximum atomic E-state index is 12.4. The zero-order valence-corrected chi connectivity index (χ0v) is 16.2. The number of nitrogens with zero attached hydrogens (tertiary/aromatic N) is 4. The molecule has 136 valence electrons. The molecule has 0 unspecified atom stereocenters. The van der Waals surface area contributed by atoms with Gasteiger partial charge in [-0.25, -0.2) is 4.68 Å². The van der Waals surface area contributed by atoms with Crippen molar-refractivity contribution in [1.82, 2.24) is 20.0 Å². The largest absolute Gasteiger partial charge is 0.300 e. The van der Waals surface area contributed by atoms with Gasteiger partial charge in [0.05, 0.1) is 17.5 Å². The topological polar surface area (TPSA) is 89.8 Å². The van der Waals surface area contributed by atoms with Gasteiger partial charge in [0.2, 0.25) is 11.0 Å². The third-order valence-electron chi connectivity index (χ3n) is 3.74. The number of hydrogen-bond donors (Lipinski definition) is 1. The van der Waals surface area contributed by atoms with Crippen molar-refractivity contribution in [2.75, 3.05) is 11.1 Å². The number of thioether (sulfide) groups is 1. The van der Waals surface area contributed by atoms with Crippen molar-refractivity contribution in [2.45, 2.75) is 30.5 Å². The van der Waals surface area contributed by atoms with Gasteiger partial charge in [-0.2, -0.15) is 5.10 Å². The van der Waals surface area contributed by atoms with Crippen LogP contribution in [0.5, 0.6) is 0 Å². The van der Waals surface area contributed by atoms with Crippen LogP contribution in [0, 0.1) is 0 Å². The number of nitrogens with one attached hydrogen (secondary N) is 1. The highest BCUT2D eigenvalue weighted by atomic mass is 32.2. The first-order chi connectivity index (χ1) is 12.6. The van der Waals surface area contributed by atoms with Gasteiger partial charge in [0.1, 0.15) is 0 Å². The maximum absolute atomic E-state index is 12.4. The molecule has 1 N–H and O–H groups in total. The molecule has 0 spiro atoms. The Balaban J connectivity index is 1.72. The van der Waals surface area contributed by atoms with Gasteiger partial charge in [0.25, 0.3) is 5.56 Å². The van der Waals surface area contributed by atoms with Crippen molar-refractivity contribution in [3.05, 3.63) is 40.3 Å². The number of carbonyl (C=O) groups is 1. The molecule has 0 fully saturated rings. The lowest BCUT2D eigenvalue weighted by molar-refractivity contribution is -0.115. The normalized spacial score (nSPS) is 11.0. The highest BCUT2D eigenvalue weighted by molar-refractivity contribution is 8.01. The predicted molar refractivity (Wildman–Crippen MR) is 105 cm³/mol. The Morgan fingerprint density at radius 1 is 1.27 bits per heavy atom. The summed E-state index contributed by atoms with van der Waals surface area (Å²) in [5, 5.41) is 16.8. The molecule has 0 atom stereocenters. The number of carbonyl (C=O) groups excluding carboxylic acids is 1. The van der Waals surface area contributed by atoms with Crippen molar-refractivity contribution in [1.29, 1.82) is 0 Å². The molecule has 0 saturated carbocycles. The SMILES string of the molecule is CCCCSc1nnc(NC(=O)Cc2nn(C)c(=O)c3ccccc23)s1. The van der Waals surface area contributed by atoms with E-state index in [2.05, 4.69) is 27.5 Å². The van der Waals surface area contributed by atoms with E-state index in [1.54, 1.807) is 37.0 Å². The fourth-order valence-corrected chi connectivity index (χ4v) is 4.37. The lowest BCUT2D eigenvalue weighted by Crippen LogP contribution is -2.24. The molecule has 1 amide bonds. The van der Waals surface area contributed by atoms with E-state index in [9.17, 15) is 9.59 Å². The van der Waals surface area contributed by atoms with E-state index in [4.69, 9.17) is 0 Å². The van der Waals surface area contributed by atoms with Crippen LogP contribution in [0.3, 0.4) is 0 Å². The van der Waals surface area contributed by atoms with E-state index in [0.29, 0.717) is 21.6 Å². The van der Waals surface area contributed by atoms with Gasteiger partial charge in [0, 0.05) is 18.2 Å². The number of hydrogen-bond acceptors (Lipinski definition) is 7. The molecular weight excluding hydrogens is 370 g/mol. The zero-order valence-electron chi connectivity index (χ0n) is 14.6. The average Bonchev–Trinajstić information content (AvgIpc) is 3.07. The van der Waals surface area contributed by atoms with Crippen molar-refractivity contribution in [2.24, 2.45) is 7.05 Å². The second-order valence-electron chi connectivity index (χ2n) is 5.72. The third-order valence-corrected chi connectivity index (χ3v) is 5.80. The highest BCUT2D eigenvalue weighted by Gasteiger charge is 2.14. The minimum Gasteiger partial charge on any atom is -0.300 e. The summed E-state index contributed by atoms with van der Waals surface area (Å²) in [6, 6.07) is 7.17. The van der Waals surface area contributed by atoms with Gasteiger partial charge in [0.15, 0.2) is 4.34 Å². The number of anilines is 1. The molecule has 0 bridgehead atoms. The Morgan fingerprint density at radius 2 is 2.04 bits per heavy atom. The van der Waals surface area contributed by atoms with E-state index < -0.39 is 0 Å². The number of aryl methyl sites for hydroxylation is 1. The highest BCUT2D eigenvalue weighted by Crippen LogP contribution is 2.26. The van der Waals surface area contributed by atoms with Crippen LogP contribution < -0.4 is 10.9 Å². The summed E-state index contributed by atoms with van der Waals surface area (Å²) in [5.41, 5.74) is 0.380. The smallest absolute Gasteiger partial charge is 0.274 e. The molecule has 0 aliphatic heterocycles. The second-order valence-corrected chi connectivity index (χ2v) is 8.04. The van der Waals surface area contributed by atoms with E-state index in [0.717, 1.165) is 22.9 Å². The number of amides is 1. The lowest BCUT2D eigenvalue weighted by atomic mass is 10.1. The van der Waals surface area contributed by atoms with Crippen LogP contribution in [0.4, 0.5) is 5.13 Å². The van der Waals surface area contributed by atoms with Crippen LogP contribution in [-0.4, -0.2) is 31.6 Å². The Labute approximate surface area is 158 Å². The number of fused-ring (bicyclic) bond motifs is 1. The van der Waals surface area contributed by atoms with Crippen LogP contribution in [-0.2, 0) is 18.3 Å². The summed E-state index contributed by atoms with van der Waals surface area (Å²) in [6.45, 7) is 2.14. The second kappa shape index (κ2) is 8.41. The molecule has 9 heteroatoms. The van der Waals surface area contributed by atoms with E-state index in [-0.39, 0.29) is 17.9 Å². The van der Waals surface area contributed by atoms with Crippen molar-refractivity contribution in [3.63, 3.8) is 0 Å². The number of unbranched alkanes of at least 4 members (excludes halogenated alkanes) is 1. The summed E-state index contributed by atoms with van der Waals surface area (Å²) in [4.78, 5) is 24.5. The molecule has 2 aromatic heterocycles. The summed E-state index contributed by atoms with van der Waals surface area (Å²) in [5.74, 6) is 0.759. The molecule has 7 nitrogen and oxygen atoms in total. The van der Waals surface area contributed by atoms with Gasteiger partial charge >= 0.3 is 0 Å². The molecule has 0 aliphatic carbocycles. The van der Waals surface area contributed by atoms with Gasteiger partial charge < -0.3 is 5.32 Å². The van der Waals surface area contributed by atoms with Crippen LogP contribution in [0.25, 0.3) is 10.8 Å². The van der Waals surface area contributed by atoms with Gasteiger partial charge in [-0.1, -0.05) is 54.6 Å². The van der Waals surface area contributed by atoms with Crippen LogP contribution in [0.1, 0.15) is 25.5 Å². The van der Waals surface area contributed by atoms with E-state index in [1.807, 2.05) is 6.07 Å². The molecule has 0 aliphatic rings. The molecule has 2 heterocycles. The molecule has 3 aromatic rings. The molecule has 0 saturated heterocycles. The Morgan fingerprint density at radius 3 is 2.81 bits per heavy atom. The average molecular weight is 390 g/mol. The number of benzene rings is 1. The van der Waals surface area contributed by atoms with Gasteiger partial charge in [-0.05, 0) is 12.5 Å². The zero-order chi connectivity index (χ0) is 18.5. The molecule has 1 aromatic carbocycles. The Kier molecular flexibility index (Phi) is 6.00. The Bertz CT molecular complexity index is 983. The van der Waals surface area contributed by atoms with Crippen LogP contribution >= 0.6 is 23.1 Å². The molecular formula is C17H19N5O2S2. The van der Waals surface area contributed by atoms with E-state index >= 15 is 0 Å². The summed E-state index contributed by atoms with van der Waals surface area (Å²) >= 11 is 3.01. The number of aromatic nitrogens is 4. The Hall–Kier alpha value is -2.26. The first-order valence-electron chi connectivity index (χ1n) is 8.29. The lowest BCUT2D eigenvalue weighted by Gasteiger charge is -2.07. The van der Waals surface area contributed by atoms with Crippen molar-refractivity contribution >= 4 is 44.9 Å².